The molecular formula is C76H140O6. The first kappa shape index (κ1) is 79.4. The molecular weight excluding hydrogens is 1010 g/mol. The molecule has 0 bridgehead atoms. The van der Waals surface area contributed by atoms with Crippen LogP contribution in [-0.4, -0.2) is 37.2 Å². The smallest absolute Gasteiger partial charge is 0.306 e. The van der Waals surface area contributed by atoms with Crippen LogP contribution >= 0.6 is 0 Å². The monoisotopic (exact) mass is 1150 g/mol. The second kappa shape index (κ2) is 70.9. The Morgan fingerprint density at radius 1 is 0.244 bits per heavy atom. The number of rotatable bonds is 68. The summed E-state index contributed by atoms with van der Waals surface area (Å²) in [5.74, 6) is -0.854. The van der Waals surface area contributed by atoms with Crippen LogP contribution in [0.3, 0.4) is 0 Å². The Balaban J connectivity index is 4.08. The summed E-state index contributed by atoms with van der Waals surface area (Å²) >= 11 is 0. The summed E-state index contributed by atoms with van der Waals surface area (Å²) < 4.78 is 17.0. The predicted octanol–water partition coefficient (Wildman–Crippen LogP) is 25.3. The highest BCUT2D eigenvalue weighted by atomic mass is 16.6. The van der Waals surface area contributed by atoms with Crippen molar-refractivity contribution in [1.82, 2.24) is 0 Å². The van der Waals surface area contributed by atoms with Gasteiger partial charge in [0.1, 0.15) is 13.2 Å². The second-order valence-electron chi connectivity index (χ2n) is 24.9. The van der Waals surface area contributed by atoms with Crippen molar-refractivity contribution in [3.05, 3.63) is 48.6 Å². The molecule has 0 amide bonds. The van der Waals surface area contributed by atoms with Crippen LogP contribution in [0.25, 0.3) is 0 Å². The molecule has 0 aliphatic carbocycles. The van der Waals surface area contributed by atoms with Gasteiger partial charge in [0.25, 0.3) is 0 Å². The molecule has 0 spiro atoms. The molecule has 0 N–H and O–H groups in total. The maximum absolute atomic E-state index is 12.9. The number of hydrogen-bond acceptors (Lipinski definition) is 6. The van der Waals surface area contributed by atoms with E-state index < -0.39 is 6.10 Å². The minimum Gasteiger partial charge on any atom is -0.462 e. The maximum Gasteiger partial charge on any atom is 0.306 e. The molecule has 6 nitrogen and oxygen atoms in total. The summed E-state index contributed by atoms with van der Waals surface area (Å²) in [6, 6.07) is 0. The molecule has 0 aromatic rings. The first-order valence-electron chi connectivity index (χ1n) is 36.6. The zero-order chi connectivity index (χ0) is 59.2. The van der Waals surface area contributed by atoms with Gasteiger partial charge in [0.05, 0.1) is 0 Å². The fourth-order valence-corrected chi connectivity index (χ4v) is 11.0. The van der Waals surface area contributed by atoms with Crippen LogP contribution in [0.5, 0.6) is 0 Å². The Labute approximate surface area is 511 Å². The van der Waals surface area contributed by atoms with Gasteiger partial charge in [0.15, 0.2) is 6.10 Å². The maximum atomic E-state index is 12.9. The molecule has 82 heavy (non-hydrogen) atoms. The van der Waals surface area contributed by atoms with Gasteiger partial charge in [-0.1, -0.05) is 352 Å². The molecule has 480 valence electrons. The number of hydrogen-bond donors (Lipinski definition) is 0. The minimum absolute atomic E-state index is 0.0700. The Morgan fingerprint density at radius 2 is 0.463 bits per heavy atom. The van der Waals surface area contributed by atoms with Gasteiger partial charge < -0.3 is 14.2 Å². The third kappa shape index (κ3) is 68.2. The predicted molar refractivity (Wildman–Crippen MR) is 358 cm³/mol. The van der Waals surface area contributed by atoms with E-state index in [4.69, 9.17) is 14.2 Å². The number of unbranched alkanes of at least 4 members (excludes halogenated alkanes) is 49. The molecule has 0 rings (SSSR count). The Morgan fingerprint density at radius 3 is 0.744 bits per heavy atom. The molecule has 0 fully saturated rings. The highest BCUT2D eigenvalue weighted by molar-refractivity contribution is 5.71. The normalized spacial score (nSPS) is 12.3. The van der Waals surface area contributed by atoms with Crippen molar-refractivity contribution in [2.24, 2.45) is 0 Å². The lowest BCUT2D eigenvalue weighted by Gasteiger charge is -2.18. The van der Waals surface area contributed by atoms with Crippen LogP contribution in [0.1, 0.15) is 400 Å². The largest absolute Gasteiger partial charge is 0.462 e. The van der Waals surface area contributed by atoms with Gasteiger partial charge in [0, 0.05) is 19.3 Å². The molecule has 0 saturated heterocycles. The van der Waals surface area contributed by atoms with E-state index in [1.165, 1.54) is 276 Å². The van der Waals surface area contributed by atoms with Crippen molar-refractivity contribution in [2.75, 3.05) is 13.2 Å². The van der Waals surface area contributed by atoms with Crippen LogP contribution in [0.15, 0.2) is 48.6 Å². The fraction of sp³-hybridized carbons (Fsp3) is 0.855. The summed E-state index contributed by atoms with van der Waals surface area (Å²) in [5, 5.41) is 0. The molecule has 0 aliphatic heterocycles. The lowest BCUT2D eigenvalue weighted by Crippen LogP contribution is -2.30. The fourth-order valence-electron chi connectivity index (χ4n) is 11.0. The topological polar surface area (TPSA) is 78.9 Å². The third-order valence-electron chi connectivity index (χ3n) is 16.5. The lowest BCUT2D eigenvalue weighted by molar-refractivity contribution is -0.167. The minimum atomic E-state index is -0.773. The van der Waals surface area contributed by atoms with Crippen LogP contribution in [0.2, 0.25) is 0 Å². The number of carbonyl (C=O) groups is 3. The van der Waals surface area contributed by atoms with Crippen molar-refractivity contribution < 1.29 is 28.6 Å². The quantitative estimate of drug-likeness (QED) is 0.0261. The van der Waals surface area contributed by atoms with E-state index in [-0.39, 0.29) is 31.1 Å². The van der Waals surface area contributed by atoms with Crippen molar-refractivity contribution >= 4 is 17.9 Å². The average Bonchev–Trinajstić information content (AvgIpc) is 3.47. The van der Waals surface area contributed by atoms with Gasteiger partial charge in [0.2, 0.25) is 0 Å². The summed E-state index contributed by atoms with van der Waals surface area (Å²) in [4.78, 5) is 38.3. The van der Waals surface area contributed by atoms with Gasteiger partial charge in [-0.25, -0.2) is 0 Å². The van der Waals surface area contributed by atoms with Crippen molar-refractivity contribution in [1.29, 1.82) is 0 Å². The van der Waals surface area contributed by atoms with Gasteiger partial charge in [-0.3, -0.25) is 14.4 Å². The van der Waals surface area contributed by atoms with E-state index in [1.54, 1.807) is 0 Å². The molecule has 0 saturated carbocycles. The van der Waals surface area contributed by atoms with Gasteiger partial charge in [-0.2, -0.15) is 0 Å². The van der Waals surface area contributed by atoms with Gasteiger partial charge in [-0.15, -0.1) is 0 Å². The van der Waals surface area contributed by atoms with E-state index >= 15 is 0 Å². The van der Waals surface area contributed by atoms with Crippen LogP contribution in [0.4, 0.5) is 0 Å². The summed E-state index contributed by atoms with van der Waals surface area (Å²) in [6.07, 6.45) is 90.3. The van der Waals surface area contributed by atoms with E-state index in [0.717, 1.165) is 83.5 Å². The number of carbonyl (C=O) groups excluding carboxylic acids is 3. The molecule has 0 heterocycles. The molecule has 1 atom stereocenters. The molecule has 0 aromatic carbocycles. The number of ether oxygens (including phenoxy) is 3. The number of esters is 3. The van der Waals surface area contributed by atoms with E-state index in [2.05, 4.69) is 69.4 Å². The Bertz CT molecular complexity index is 1410. The standard InChI is InChI=1S/C76H140O6/c1-4-7-10-13-16-19-22-24-26-28-30-32-33-34-35-36-37-38-39-40-41-42-43-45-46-48-50-52-54-57-60-63-66-69-75(78)81-72-73(71-80-74(77)68-65-62-59-56-21-18-15-12-9-6-3)82-76(79)70-67-64-61-58-55-53-51-49-47-44-31-29-27-25-23-20-17-14-11-8-5-2/h12,15,22,24,28,30,33-34,73H,4-11,13-14,16-21,23,25-27,29,31-32,35-72H2,1-3H3/b15-12-,24-22-,30-28-,34-33-. The first-order valence-corrected chi connectivity index (χ1v) is 36.6. The van der Waals surface area contributed by atoms with Crippen LogP contribution < -0.4 is 0 Å². The number of allylic oxidation sites excluding steroid dienone is 8. The SMILES string of the molecule is CCC/C=C\CCCCCCCC(=O)OCC(COC(=O)CCCCCCCCCCCCCCCCCCCC/C=C\C/C=C\C/C=C\CCCCCCC)OC(=O)CCCCCCCCCCCCCCCCCCCCCCC. The zero-order valence-electron chi connectivity index (χ0n) is 55.3. The van der Waals surface area contributed by atoms with E-state index in [9.17, 15) is 14.4 Å². The second-order valence-corrected chi connectivity index (χ2v) is 24.9. The lowest BCUT2D eigenvalue weighted by atomic mass is 10.0. The highest BCUT2D eigenvalue weighted by Crippen LogP contribution is 2.19. The van der Waals surface area contributed by atoms with E-state index in [0.29, 0.717) is 19.3 Å². The Hall–Kier alpha value is -2.63. The Kier molecular flexibility index (Phi) is 68.6. The van der Waals surface area contributed by atoms with Gasteiger partial charge in [-0.05, 0) is 77.0 Å². The van der Waals surface area contributed by atoms with Crippen LogP contribution in [0, 0.1) is 0 Å². The highest BCUT2D eigenvalue weighted by Gasteiger charge is 2.19. The molecule has 1 unspecified atom stereocenters. The molecule has 0 aliphatic rings. The summed E-state index contributed by atoms with van der Waals surface area (Å²) in [7, 11) is 0. The molecule has 0 aromatic heterocycles. The van der Waals surface area contributed by atoms with Crippen molar-refractivity contribution in [3.63, 3.8) is 0 Å². The molecule has 0 radical (unpaired) electrons. The first-order chi connectivity index (χ1) is 40.5. The van der Waals surface area contributed by atoms with Crippen molar-refractivity contribution in [2.45, 2.75) is 406 Å². The summed E-state index contributed by atoms with van der Waals surface area (Å²) in [6.45, 7) is 6.63. The summed E-state index contributed by atoms with van der Waals surface area (Å²) in [5.41, 5.74) is 0. The van der Waals surface area contributed by atoms with Crippen LogP contribution in [-0.2, 0) is 28.6 Å². The average molecular weight is 1150 g/mol. The third-order valence-corrected chi connectivity index (χ3v) is 16.5. The van der Waals surface area contributed by atoms with E-state index in [1.807, 2.05) is 0 Å². The van der Waals surface area contributed by atoms with Gasteiger partial charge >= 0.3 is 17.9 Å². The zero-order valence-corrected chi connectivity index (χ0v) is 55.3. The van der Waals surface area contributed by atoms with Crippen molar-refractivity contribution in [3.8, 4) is 0 Å². The molecule has 6 heteroatoms.